The molecule has 1 atom stereocenters. The fourth-order valence-corrected chi connectivity index (χ4v) is 3.53. The molecule has 0 radical (unpaired) electrons. The SMILES string of the molecule is NC(CSc1ccccc1Br)Cc1cccc(F)c1Cl. The number of hydrogen-bond donors (Lipinski definition) is 1. The lowest BCUT2D eigenvalue weighted by molar-refractivity contribution is 0.623. The number of nitrogens with two attached hydrogens (primary N) is 1. The molecular formula is C15H14BrClFNS. The molecule has 0 heterocycles. The zero-order valence-electron chi connectivity index (χ0n) is 10.7. The molecule has 0 spiro atoms. The predicted octanol–water partition coefficient (Wildman–Crippen LogP) is 4.90. The van der Waals surface area contributed by atoms with Gasteiger partial charge in [-0.05, 0) is 46.1 Å². The zero-order valence-corrected chi connectivity index (χ0v) is 13.8. The summed E-state index contributed by atoms with van der Waals surface area (Å²) in [6.07, 6.45) is 0.564. The normalized spacial score (nSPS) is 12.4. The molecule has 0 aliphatic carbocycles. The van der Waals surface area contributed by atoms with Crippen LogP contribution in [0.5, 0.6) is 0 Å². The van der Waals surface area contributed by atoms with Crippen molar-refractivity contribution in [1.29, 1.82) is 0 Å². The van der Waals surface area contributed by atoms with Crippen LogP contribution < -0.4 is 5.73 Å². The maximum absolute atomic E-state index is 13.3. The molecular weight excluding hydrogens is 361 g/mol. The van der Waals surface area contributed by atoms with E-state index < -0.39 is 5.82 Å². The predicted molar refractivity (Wildman–Crippen MR) is 88.0 cm³/mol. The van der Waals surface area contributed by atoms with Crippen molar-refractivity contribution in [2.24, 2.45) is 5.73 Å². The second kappa shape index (κ2) is 7.46. The monoisotopic (exact) mass is 373 g/mol. The molecule has 0 fully saturated rings. The van der Waals surface area contributed by atoms with Gasteiger partial charge in [-0.2, -0.15) is 0 Å². The average molecular weight is 375 g/mol. The van der Waals surface area contributed by atoms with E-state index in [0.717, 1.165) is 20.7 Å². The highest BCUT2D eigenvalue weighted by Gasteiger charge is 2.11. The maximum Gasteiger partial charge on any atom is 0.142 e. The number of rotatable bonds is 5. The van der Waals surface area contributed by atoms with Crippen LogP contribution in [0.1, 0.15) is 5.56 Å². The van der Waals surface area contributed by atoms with Crippen LogP contribution in [0.25, 0.3) is 0 Å². The van der Waals surface area contributed by atoms with Gasteiger partial charge in [0, 0.05) is 21.2 Å². The van der Waals surface area contributed by atoms with Crippen molar-refractivity contribution in [2.45, 2.75) is 17.4 Å². The lowest BCUT2D eigenvalue weighted by Crippen LogP contribution is -2.25. The molecule has 2 N–H and O–H groups in total. The van der Waals surface area contributed by atoms with E-state index in [-0.39, 0.29) is 11.1 Å². The fraction of sp³-hybridized carbons (Fsp3) is 0.200. The van der Waals surface area contributed by atoms with Crippen LogP contribution in [-0.4, -0.2) is 11.8 Å². The summed E-state index contributed by atoms with van der Waals surface area (Å²) in [5.74, 6) is 0.352. The topological polar surface area (TPSA) is 26.0 Å². The Balaban J connectivity index is 1.94. The first-order valence-corrected chi connectivity index (χ1v) is 8.29. The summed E-state index contributed by atoms with van der Waals surface area (Å²) < 4.78 is 14.4. The van der Waals surface area contributed by atoms with Crippen LogP contribution in [0, 0.1) is 5.82 Å². The molecule has 0 bridgehead atoms. The number of halogens is 3. The third-order valence-electron chi connectivity index (χ3n) is 2.80. The third-order valence-corrected chi connectivity index (χ3v) is 5.44. The van der Waals surface area contributed by atoms with Crippen molar-refractivity contribution in [3.63, 3.8) is 0 Å². The minimum atomic E-state index is -0.394. The average Bonchev–Trinajstić information content (AvgIpc) is 2.43. The quantitative estimate of drug-likeness (QED) is 0.753. The minimum Gasteiger partial charge on any atom is -0.327 e. The van der Waals surface area contributed by atoms with Gasteiger partial charge in [0.15, 0.2) is 0 Å². The molecule has 2 rings (SSSR count). The summed E-state index contributed by atoms with van der Waals surface area (Å²) in [5, 5.41) is 0.175. The summed E-state index contributed by atoms with van der Waals surface area (Å²) in [6.45, 7) is 0. The van der Waals surface area contributed by atoms with Gasteiger partial charge in [-0.1, -0.05) is 35.9 Å². The third kappa shape index (κ3) is 4.22. The standard InChI is InChI=1S/C15H14BrClFNS/c16-12-5-1-2-7-14(12)20-9-11(19)8-10-4-3-6-13(18)15(10)17/h1-7,11H,8-9,19H2. The van der Waals surface area contributed by atoms with E-state index in [1.165, 1.54) is 6.07 Å². The van der Waals surface area contributed by atoms with Gasteiger partial charge in [0.05, 0.1) is 5.02 Å². The lowest BCUT2D eigenvalue weighted by atomic mass is 10.1. The first-order valence-electron chi connectivity index (χ1n) is 6.13. The van der Waals surface area contributed by atoms with Crippen LogP contribution in [0.3, 0.4) is 0 Å². The summed E-state index contributed by atoms with van der Waals surface area (Å²) in [7, 11) is 0. The van der Waals surface area contributed by atoms with Crippen LogP contribution in [-0.2, 0) is 6.42 Å². The van der Waals surface area contributed by atoms with E-state index in [1.807, 2.05) is 30.3 Å². The van der Waals surface area contributed by atoms with E-state index in [2.05, 4.69) is 15.9 Å². The molecule has 1 unspecified atom stereocenters. The summed E-state index contributed by atoms with van der Waals surface area (Å²) in [4.78, 5) is 1.15. The Morgan fingerprint density at radius 1 is 1.20 bits per heavy atom. The molecule has 2 aromatic rings. The zero-order chi connectivity index (χ0) is 14.5. The van der Waals surface area contributed by atoms with Crippen molar-refractivity contribution in [3.8, 4) is 0 Å². The molecule has 2 aromatic carbocycles. The summed E-state index contributed by atoms with van der Waals surface area (Å²) in [5.41, 5.74) is 6.86. The second-order valence-electron chi connectivity index (χ2n) is 4.42. The van der Waals surface area contributed by atoms with E-state index in [4.69, 9.17) is 17.3 Å². The molecule has 0 aliphatic rings. The second-order valence-corrected chi connectivity index (χ2v) is 6.71. The number of benzene rings is 2. The van der Waals surface area contributed by atoms with E-state index in [1.54, 1.807) is 17.8 Å². The Morgan fingerprint density at radius 3 is 2.70 bits per heavy atom. The Morgan fingerprint density at radius 2 is 1.95 bits per heavy atom. The molecule has 0 aromatic heterocycles. The largest absolute Gasteiger partial charge is 0.327 e. The van der Waals surface area contributed by atoms with Crippen molar-refractivity contribution in [2.75, 3.05) is 5.75 Å². The number of hydrogen-bond acceptors (Lipinski definition) is 2. The highest BCUT2D eigenvalue weighted by atomic mass is 79.9. The van der Waals surface area contributed by atoms with Crippen LogP contribution in [0.15, 0.2) is 51.8 Å². The molecule has 0 saturated carbocycles. The van der Waals surface area contributed by atoms with Crippen molar-refractivity contribution in [3.05, 3.63) is 63.3 Å². The van der Waals surface area contributed by atoms with Gasteiger partial charge in [-0.15, -0.1) is 11.8 Å². The number of thioether (sulfide) groups is 1. The molecule has 0 amide bonds. The first kappa shape index (κ1) is 15.8. The van der Waals surface area contributed by atoms with Gasteiger partial charge < -0.3 is 5.73 Å². The lowest BCUT2D eigenvalue weighted by Gasteiger charge is -2.13. The van der Waals surface area contributed by atoms with Crippen LogP contribution in [0.2, 0.25) is 5.02 Å². The van der Waals surface area contributed by atoms with Crippen molar-refractivity contribution >= 4 is 39.3 Å². The van der Waals surface area contributed by atoms with Crippen molar-refractivity contribution in [1.82, 2.24) is 0 Å². The Labute approximate surface area is 135 Å². The van der Waals surface area contributed by atoms with E-state index in [0.29, 0.717) is 6.42 Å². The maximum atomic E-state index is 13.3. The molecule has 1 nitrogen and oxygen atoms in total. The highest BCUT2D eigenvalue weighted by Crippen LogP contribution is 2.28. The van der Waals surface area contributed by atoms with E-state index >= 15 is 0 Å². The fourth-order valence-electron chi connectivity index (χ4n) is 1.81. The summed E-state index contributed by atoms with van der Waals surface area (Å²) in [6, 6.07) is 12.7. The molecule has 106 valence electrons. The molecule has 20 heavy (non-hydrogen) atoms. The van der Waals surface area contributed by atoms with Gasteiger partial charge in [0.1, 0.15) is 5.82 Å². The van der Waals surface area contributed by atoms with Crippen molar-refractivity contribution < 1.29 is 4.39 Å². The van der Waals surface area contributed by atoms with Gasteiger partial charge in [0.2, 0.25) is 0 Å². The first-order chi connectivity index (χ1) is 9.58. The van der Waals surface area contributed by atoms with Gasteiger partial charge >= 0.3 is 0 Å². The van der Waals surface area contributed by atoms with Crippen LogP contribution in [0.4, 0.5) is 4.39 Å². The molecule has 0 aliphatic heterocycles. The Kier molecular flexibility index (Phi) is 5.90. The smallest absolute Gasteiger partial charge is 0.142 e. The van der Waals surface area contributed by atoms with Crippen LogP contribution >= 0.6 is 39.3 Å². The van der Waals surface area contributed by atoms with Gasteiger partial charge in [0.25, 0.3) is 0 Å². The Bertz CT molecular complexity index is 594. The van der Waals surface area contributed by atoms with Gasteiger partial charge in [-0.3, -0.25) is 0 Å². The Hall–Kier alpha value is -0.550. The molecule has 0 saturated heterocycles. The minimum absolute atomic E-state index is 0.0774. The molecule has 5 heteroatoms. The van der Waals surface area contributed by atoms with Gasteiger partial charge in [-0.25, -0.2) is 4.39 Å². The van der Waals surface area contributed by atoms with E-state index in [9.17, 15) is 4.39 Å². The summed E-state index contributed by atoms with van der Waals surface area (Å²) >= 11 is 11.1. The highest BCUT2D eigenvalue weighted by molar-refractivity contribution is 9.10.